The van der Waals surface area contributed by atoms with Crippen LogP contribution in [-0.4, -0.2) is 45.6 Å². The Bertz CT molecular complexity index is 555. The number of anilines is 1. The van der Waals surface area contributed by atoms with Gasteiger partial charge in [0.25, 0.3) is 0 Å². The first-order valence-corrected chi connectivity index (χ1v) is 7.83. The van der Waals surface area contributed by atoms with Crippen molar-refractivity contribution in [3.8, 4) is 0 Å². The van der Waals surface area contributed by atoms with Gasteiger partial charge in [-0.1, -0.05) is 11.6 Å². The molecule has 0 aliphatic carbocycles. The maximum Gasteiger partial charge on any atom is 0.245 e. The Morgan fingerprint density at radius 1 is 1.21 bits per heavy atom. The Hall–Kier alpha value is -1.27. The molecule has 0 fully saturated rings. The number of amides is 1. The smallest absolute Gasteiger partial charge is 0.245 e. The van der Waals surface area contributed by atoms with E-state index in [4.69, 9.17) is 11.6 Å². The highest BCUT2D eigenvalue weighted by Crippen LogP contribution is 2.23. The summed E-state index contributed by atoms with van der Waals surface area (Å²) in [5, 5.41) is 0.504. The molecule has 19 heavy (non-hydrogen) atoms. The van der Waals surface area contributed by atoms with Crippen LogP contribution in [-0.2, 0) is 14.8 Å². The first-order chi connectivity index (χ1) is 8.64. The van der Waals surface area contributed by atoms with Crippen LogP contribution in [0.4, 0.5) is 5.69 Å². The van der Waals surface area contributed by atoms with E-state index in [2.05, 4.69) is 0 Å². The highest BCUT2D eigenvalue weighted by atomic mass is 35.5. The fourth-order valence-electron chi connectivity index (χ4n) is 1.76. The van der Waals surface area contributed by atoms with Crippen molar-refractivity contribution >= 4 is 33.2 Å². The van der Waals surface area contributed by atoms with Crippen LogP contribution in [0.1, 0.15) is 6.92 Å². The van der Waals surface area contributed by atoms with Gasteiger partial charge in [0.15, 0.2) is 0 Å². The molecule has 1 aromatic rings. The molecule has 0 bridgehead atoms. The molecule has 0 aliphatic heterocycles. The normalized spacial score (nSPS) is 12.9. The monoisotopic (exact) mass is 304 g/mol. The van der Waals surface area contributed by atoms with E-state index >= 15 is 0 Å². The van der Waals surface area contributed by atoms with E-state index in [1.165, 1.54) is 4.90 Å². The molecule has 7 heteroatoms. The van der Waals surface area contributed by atoms with Crippen molar-refractivity contribution < 1.29 is 13.2 Å². The average Bonchev–Trinajstić information content (AvgIpc) is 2.29. The summed E-state index contributed by atoms with van der Waals surface area (Å²) in [6, 6.07) is 5.50. The Balaban J connectivity index is 3.24. The van der Waals surface area contributed by atoms with Crippen LogP contribution in [0, 0.1) is 0 Å². The molecular formula is C12H17ClN2O3S. The molecule has 0 aromatic heterocycles. The zero-order valence-corrected chi connectivity index (χ0v) is 12.9. The number of benzene rings is 1. The molecule has 1 amide bonds. The lowest BCUT2D eigenvalue weighted by atomic mass is 10.2. The zero-order chi connectivity index (χ0) is 14.8. The molecule has 0 N–H and O–H groups in total. The summed E-state index contributed by atoms with van der Waals surface area (Å²) in [4.78, 5) is 13.3. The van der Waals surface area contributed by atoms with E-state index in [0.717, 1.165) is 10.6 Å². The summed E-state index contributed by atoms with van der Waals surface area (Å²) >= 11 is 5.78. The summed E-state index contributed by atoms with van der Waals surface area (Å²) in [6.07, 6.45) is 1.07. The van der Waals surface area contributed by atoms with E-state index in [9.17, 15) is 13.2 Å². The third-order valence-electron chi connectivity index (χ3n) is 2.59. The first kappa shape index (κ1) is 15.8. The minimum Gasteiger partial charge on any atom is -0.347 e. The van der Waals surface area contributed by atoms with Gasteiger partial charge >= 0.3 is 0 Å². The van der Waals surface area contributed by atoms with Crippen LogP contribution in [0.5, 0.6) is 0 Å². The second-order valence-corrected chi connectivity index (χ2v) is 6.74. The number of halogens is 1. The summed E-state index contributed by atoms with van der Waals surface area (Å²) in [7, 11) is -0.397. The number of likely N-dealkylation sites (N-methyl/N-ethyl adjacent to an activating group) is 1. The van der Waals surface area contributed by atoms with Gasteiger partial charge in [-0.05, 0) is 31.2 Å². The second-order valence-electron chi connectivity index (χ2n) is 4.44. The molecule has 0 spiro atoms. The van der Waals surface area contributed by atoms with E-state index < -0.39 is 16.1 Å². The van der Waals surface area contributed by atoms with Gasteiger partial charge in [0.2, 0.25) is 15.9 Å². The topological polar surface area (TPSA) is 57.7 Å². The predicted octanol–water partition coefficient (Wildman–Crippen LogP) is 1.58. The van der Waals surface area contributed by atoms with Crippen molar-refractivity contribution in [1.82, 2.24) is 4.90 Å². The van der Waals surface area contributed by atoms with Crippen molar-refractivity contribution in [1.29, 1.82) is 0 Å². The van der Waals surface area contributed by atoms with Gasteiger partial charge in [0.1, 0.15) is 6.04 Å². The number of rotatable bonds is 4. The number of carbonyl (C=O) groups is 1. The van der Waals surface area contributed by atoms with Gasteiger partial charge in [-0.15, -0.1) is 0 Å². The third-order valence-corrected chi connectivity index (χ3v) is 4.08. The van der Waals surface area contributed by atoms with Crippen LogP contribution in [0.2, 0.25) is 5.02 Å². The lowest BCUT2D eigenvalue weighted by Gasteiger charge is -2.29. The molecule has 0 heterocycles. The lowest BCUT2D eigenvalue weighted by molar-refractivity contribution is -0.129. The van der Waals surface area contributed by atoms with Crippen LogP contribution >= 0.6 is 11.6 Å². The molecule has 0 saturated heterocycles. The van der Waals surface area contributed by atoms with Crippen LogP contribution < -0.4 is 4.31 Å². The SMILES string of the molecule is CC(C(=O)N(C)C)N(c1ccc(Cl)cc1)S(C)(=O)=O. The summed E-state index contributed by atoms with van der Waals surface area (Å²) in [5.41, 5.74) is 0.412. The molecule has 0 aliphatic rings. The molecule has 5 nitrogen and oxygen atoms in total. The van der Waals surface area contributed by atoms with E-state index in [1.54, 1.807) is 45.3 Å². The van der Waals surface area contributed by atoms with E-state index in [1.807, 2.05) is 0 Å². The van der Waals surface area contributed by atoms with Crippen molar-refractivity contribution in [2.75, 3.05) is 24.7 Å². The van der Waals surface area contributed by atoms with Gasteiger partial charge < -0.3 is 4.90 Å². The zero-order valence-electron chi connectivity index (χ0n) is 11.3. The Kier molecular flexibility index (Phi) is 4.81. The Morgan fingerprint density at radius 3 is 2.05 bits per heavy atom. The maximum absolute atomic E-state index is 12.0. The highest BCUT2D eigenvalue weighted by Gasteiger charge is 2.29. The minimum absolute atomic E-state index is 0.291. The summed E-state index contributed by atoms with van der Waals surface area (Å²) in [5.74, 6) is -0.291. The van der Waals surface area contributed by atoms with Gasteiger partial charge in [0, 0.05) is 19.1 Å². The predicted molar refractivity (Wildman–Crippen MR) is 76.9 cm³/mol. The standard InChI is InChI=1S/C12H17ClN2O3S/c1-9(12(16)14(2)3)15(19(4,17)18)11-7-5-10(13)6-8-11/h5-9H,1-4H3. The van der Waals surface area contributed by atoms with Crippen LogP contribution in [0.3, 0.4) is 0 Å². The fourth-order valence-corrected chi connectivity index (χ4v) is 3.06. The van der Waals surface area contributed by atoms with Gasteiger partial charge in [0.05, 0.1) is 11.9 Å². The van der Waals surface area contributed by atoms with Crippen molar-refractivity contribution in [3.05, 3.63) is 29.3 Å². The lowest BCUT2D eigenvalue weighted by Crippen LogP contribution is -2.47. The van der Waals surface area contributed by atoms with Crippen molar-refractivity contribution in [3.63, 3.8) is 0 Å². The first-order valence-electron chi connectivity index (χ1n) is 5.60. The largest absolute Gasteiger partial charge is 0.347 e. The number of carbonyl (C=O) groups excluding carboxylic acids is 1. The van der Waals surface area contributed by atoms with Crippen molar-refractivity contribution in [2.45, 2.75) is 13.0 Å². The molecule has 0 radical (unpaired) electrons. The van der Waals surface area contributed by atoms with Crippen molar-refractivity contribution in [2.24, 2.45) is 0 Å². The minimum atomic E-state index is -3.57. The van der Waals surface area contributed by atoms with Gasteiger partial charge in [-0.3, -0.25) is 9.10 Å². The third kappa shape index (κ3) is 3.84. The molecule has 1 atom stereocenters. The molecule has 1 unspecified atom stereocenters. The number of hydrogen-bond acceptors (Lipinski definition) is 3. The van der Waals surface area contributed by atoms with E-state index in [0.29, 0.717) is 10.7 Å². The van der Waals surface area contributed by atoms with Crippen LogP contribution in [0.15, 0.2) is 24.3 Å². The fraction of sp³-hybridized carbons (Fsp3) is 0.417. The second kappa shape index (κ2) is 5.79. The maximum atomic E-state index is 12.0. The van der Waals surface area contributed by atoms with Gasteiger partial charge in [-0.2, -0.15) is 0 Å². The molecular weight excluding hydrogens is 288 g/mol. The summed E-state index contributed by atoms with van der Waals surface area (Å²) in [6.45, 7) is 1.55. The summed E-state index contributed by atoms with van der Waals surface area (Å²) < 4.78 is 24.9. The molecule has 1 rings (SSSR count). The molecule has 0 saturated carbocycles. The van der Waals surface area contributed by atoms with Gasteiger partial charge in [-0.25, -0.2) is 8.42 Å². The molecule has 106 valence electrons. The van der Waals surface area contributed by atoms with E-state index in [-0.39, 0.29) is 5.91 Å². The highest BCUT2D eigenvalue weighted by molar-refractivity contribution is 7.92. The van der Waals surface area contributed by atoms with Crippen LogP contribution in [0.25, 0.3) is 0 Å². The Labute approximate surface area is 118 Å². The quantitative estimate of drug-likeness (QED) is 0.848. The molecule has 1 aromatic carbocycles. The average molecular weight is 305 g/mol. The number of sulfonamides is 1. The Morgan fingerprint density at radius 2 is 1.68 bits per heavy atom. The number of nitrogens with zero attached hydrogens (tertiary/aromatic N) is 2. The number of hydrogen-bond donors (Lipinski definition) is 0.